The SMILES string of the molecule is Cc1cnc2nnc(CN)n2c1. The van der Waals surface area contributed by atoms with E-state index in [0.29, 0.717) is 12.3 Å². The first-order valence-corrected chi connectivity index (χ1v) is 3.67. The maximum atomic E-state index is 5.46. The van der Waals surface area contributed by atoms with E-state index in [1.54, 1.807) is 10.6 Å². The van der Waals surface area contributed by atoms with Crippen LogP contribution in [0.4, 0.5) is 0 Å². The van der Waals surface area contributed by atoms with Crippen molar-refractivity contribution in [1.29, 1.82) is 0 Å². The summed E-state index contributed by atoms with van der Waals surface area (Å²) < 4.78 is 1.80. The highest BCUT2D eigenvalue weighted by Crippen LogP contribution is 2.01. The summed E-state index contributed by atoms with van der Waals surface area (Å²) in [7, 11) is 0. The molecule has 0 aliphatic carbocycles. The number of hydrogen-bond acceptors (Lipinski definition) is 4. The van der Waals surface area contributed by atoms with Gasteiger partial charge in [0, 0.05) is 12.4 Å². The molecule has 2 N–H and O–H groups in total. The van der Waals surface area contributed by atoms with Crippen molar-refractivity contribution in [2.75, 3.05) is 0 Å². The van der Waals surface area contributed by atoms with Gasteiger partial charge >= 0.3 is 0 Å². The van der Waals surface area contributed by atoms with Crippen LogP contribution in [0.5, 0.6) is 0 Å². The van der Waals surface area contributed by atoms with E-state index in [9.17, 15) is 0 Å². The summed E-state index contributed by atoms with van der Waals surface area (Å²) in [6.45, 7) is 2.35. The van der Waals surface area contributed by atoms with Crippen molar-refractivity contribution in [2.45, 2.75) is 13.5 Å². The van der Waals surface area contributed by atoms with Crippen molar-refractivity contribution in [3.8, 4) is 0 Å². The molecule has 0 fully saturated rings. The quantitative estimate of drug-likeness (QED) is 0.637. The van der Waals surface area contributed by atoms with E-state index in [2.05, 4.69) is 15.2 Å². The van der Waals surface area contributed by atoms with Crippen molar-refractivity contribution >= 4 is 5.78 Å². The van der Waals surface area contributed by atoms with E-state index in [4.69, 9.17) is 5.73 Å². The standard InChI is InChI=1S/C7H9N5/c1-5-3-9-7-11-10-6(2-8)12(7)4-5/h3-4H,2,8H2,1H3. The van der Waals surface area contributed by atoms with Crippen molar-refractivity contribution in [3.63, 3.8) is 0 Å². The molecule has 0 saturated carbocycles. The summed E-state index contributed by atoms with van der Waals surface area (Å²) in [6.07, 6.45) is 3.68. The smallest absolute Gasteiger partial charge is 0.255 e. The van der Waals surface area contributed by atoms with Gasteiger partial charge in [0.15, 0.2) is 5.82 Å². The van der Waals surface area contributed by atoms with Gasteiger partial charge in [-0.15, -0.1) is 10.2 Å². The largest absolute Gasteiger partial charge is 0.324 e. The van der Waals surface area contributed by atoms with Crippen LogP contribution in [-0.4, -0.2) is 19.6 Å². The molecule has 5 heteroatoms. The summed E-state index contributed by atoms with van der Waals surface area (Å²) >= 11 is 0. The molecule has 0 amide bonds. The fourth-order valence-electron chi connectivity index (χ4n) is 1.07. The van der Waals surface area contributed by atoms with Crippen molar-refractivity contribution in [2.24, 2.45) is 5.73 Å². The lowest BCUT2D eigenvalue weighted by Gasteiger charge is -1.95. The maximum absolute atomic E-state index is 5.46. The first kappa shape index (κ1) is 7.17. The first-order chi connectivity index (χ1) is 5.81. The molecule has 0 radical (unpaired) electrons. The molecule has 2 aromatic heterocycles. The van der Waals surface area contributed by atoms with Gasteiger partial charge in [-0.2, -0.15) is 0 Å². The monoisotopic (exact) mass is 163 g/mol. The van der Waals surface area contributed by atoms with Gasteiger partial charge < -0.3 is 5.73 Å². The Balaban J connectivity index is 2.75. The second-order valence-electron chi connectivity index (χ2n) is 2.62. The fraction of sp³-hybridized carbons (Fsp3) is 0.286. The maximum Gasteiger partial charge on any atom is 0.255 e. The van der Waals surface area contributed by atoms with Gasteiger partial charge in [0.05, 0.1) is 6.54 Å². The Morgan fingerprint density at radius 3 is 3.08 bits per heavy atom. The van der Waals surface area contributed by atoms with E-state index >= 15 is 0 Å². The third-order valence-corrected chi connectivity index (χ3v) is 1.65. The third kappa shape index (κ3) is 0.947. The Hall–Kier alpha value is -1.49. The fourth-order valence-corrected chi connectivity index (χ4v) is 1.07. The molecule has 0 aliphatic rings. The number of nitrogens with zero attached hydrogens (tertiary/aromatic N) is 4. The molecule has 0 spiro atoms. The van der Waals surface area contributed by atoms with Crippen LogP contribution in [0.1, 0.15) is 11.4 Å². The van der Waals surface area contributed by atoms with E-state index in [0.717, 1.165) is 11.4 Å². The number of aromatic nitrogens is 4. The van der Waals surface area contributed by atoms with Crippen LogP contribution in [0.3, 0.4) is 0 Å². The van der Waals surface area contributed by atoms with Gasteiger partial charge in [0.1, 0.15) is 0 Å². The van der Waals surface area contributed by atoms with Gasteiger partial charge in [-0.05, 0) is 12.5 Å². The minimum absolute atomic E-state index is 0.381. The Bertz CT molecular complexity index is 405. The van der Waals surface area contributed by atoms with E-state index in [1.807, 2.05) is 13.1 Å². The normalized spacial score (nSPS) is 10.8. The molecule has 2 aromatic rings. The Morgan fingerprint density at radius 2 is 2.33 bits per heavy atom. The van der Waals surface area contributed by atoms with Gasteiger partial charge in [-0.25, -0.2) is 4.98 Å². The Labute approximate surface area is 69.2 Å². The van der Waals surface area contributed by atoms with Gasteiger partial charge in [0.2, 0.25) is 0 Å². The topological polar surface area (TPSA) is 69.1 Å². The summed E-state index contributed by atoms with van der Waals surface area (Å²) in [5, 5.41) is 7.73. The summed E-state index contributed by atoms with van der Waals surface area (Å²) in [6, 6.07) is 0. The number of hydrogen-bond donors (Lipinski definition) is 1. The molecule has 62 valence electrons. The minimum Gasteiger partial charge on any atom is -0.324 e. The molecule has 0 saturated heterocycles. The molecule has 0 unspecified atom stereocenters. The zero-order valence-electron chi connectivity index (χ0n) is 6.73. The predicted molar refractivity (Wildman–Crippen MR) is 43.4 cm³/mol. The summed E-state index contributed by atoms with van der Waals surface area (Å²) in [5.74, 6) is 1.34. The zero-order chi connectivity index (χ0) is 8.55. The Kier molecular flexibility index (Phi) is 1.51. The van der Waals surface area contributed by atoms with Crippen LogP contribution in [0, 0.1) is 6.92 Å². The Morgan fingerprint density at radius 1 is 1.50 bits per heavy atom. The highest BCUT2D eigenvalue weighted by Gasteiger charge is 2.02. The second kappa shape index (κ2) is 2.53. The lowest BCUT2D eigenvalue weighted by Crippen LogP contribution is -2.03. The number of nitrogens with two attached hydrogens (primary N) is 1. The molecular formula is C7H9N5. The van der Waals surface area contributed by atoms with Gasteiger partial charge in [-0.1, -0.05) is 0 Å². The van der Waals surface area contributed by atoms with Gasteiger partial charge in [0.25, 0.3) is 5.78 Å². The predicted octanol–water partition coefficient (Wildman–Crippen LogP) is -0.109. The highest BCUT2D eigenvalue weighted by molar-refractivity contribution is 5.28. The van der Waals surface area contributed by atoms with Crippen LogP contribution in [-0.2, 0) is 6.54 Å². The molecule has 12 heavy (non-hydrogen) atoms. The van der Waals surface area contributed by atoms with Crippen LogP contribution < -0.4 is 5.73 Å². The van der Waals surface area contributed by atoms with E-state index in [-0.39, 0.29) is 0 Å². The number of fused-ring (bicyclic) bond motifs is 1. The van der Waals surface area contributed by atoms with E-state index in [1.165, 1.54) is 0 Å². The van der Waals surface area contributed by atoms with Crippen LogP contribution in [0.2, 0.25) is 0 Å². The molecule has 2 heterocycles. The highest BCUT2D eigenvalue weighted by atomic mass is 15.3. The third-order valence-electron chi connectivity index (χ3n) is 1.65. The van der Waals surface area contributed by atoms with Crippen LogP contribution >= 0.6 is 0 Å². The van der Waals surface area contributed by atoms with Crippen LogP contribution in [0.15, 0.2) is 12.4 Å². The average molecular weight is 163 g/mol. The van der Waals surface area contributed by atoms with Crippen molar-refractivity contribution in [1.82, 2.24) is 19.6 Å². The molecule has 2 rings (SSSR count). The van der Waals surface area contributed by atoms with Crippen LogP contribution in [0.25, 0.3) is 5.78 Å². The van der Waals surface area contributed by atoms with E-state index < -0.39 is 0 Å². The summed E-state index contributed by atoms with van der Waals surface area (Å²) in [5.41, 5.74) is 6.53. The molecule has 0 bridgehead atoms. The molecular weight excluding hydrogens is 154 g/mol. The molecule has 0 atom stereocenters. The second-order valence-corrected chi connectivity index (χ2v) is 2.62. The summed E-state index contributed by atoms with van der Waals surface area (Å²) in [4.78, 5) is 4.08. The lowest BCUT2D eigenvalue weighted by atomic mass is 10.4. The lowest BCUT2D eigenvalue weighted by molar-refractivity contribution is 0.878. The zero-order valence-corrected chi connectivity index (χ0v) is 6.73. The average Bonchev–Trinajstić information content (AvgIpc) is 2.46. The van der Waals surface area contributed by atoms with Crippen molar-refractivity contribution < 1.29 is 0 Å². The molecule has 0 aromatic carbocycles. The minimum atomic E-state index is 0.381. The molecule has 5 nitrogen and oxygen atoms in total. The molecule has 0 aliphatic heterocycles. The number of rotatable bonds is 1. The van der Waals surface area contributed by atoms with Crippen molar-refractivity contribution in [3.05, 3.63) is 23.8 Å². The number of aryl methyl sites for hydroxylation is 1. The van der Waals surface area contributed by atoms with Gasteiger partial charge in [-0.3, -0.25) is 4.40 Å². The first-order valence-electron chi connectivity index (χ1n) is 3.67.